The first kappa shape index (κ1) is 52.2. The standard InChI is InChI=1S/2C2H8N2.5C2H4O2.H2O4S/c2*3-1-2-4;5*1-2(3)4;1-5(2,3)4/h2*1-4H2;5*1H3,(H,3,4);(H2,1,2,3,4). The van der Waals surface area contributed by atoms with Gasteiger partial charge in [0.25, 0.3) is 29.8 Å². The molecule has 0 radical (unpaired) electrons. The predicted molar refractivity (Wildman–Crippen MR) is 117 cm³/mol. The van der Waals surface area contributed by atoms with Gasteiger partial charge < -0.3 is 48.5 Å². The Hall–Kier alpha value is -2.94. The minimum Gasteiger partial charge on any atom is -0.481 e. The number of carboxylic acids is 5. The van der Waals surface area contributed by atoms with Gasteiger partial charge in [-0.15, -0.1) is 0 Å². The third-order valence-electron chi connectivity index (χ3n) is 0.333. The van der Waals surface area contributed by atoms with Crippen LogP contribution in [0.15, 0.2) is 0 Å². The van der Waals surface area contributed by atoms with E-state index in [0.29, 0.717) is 26.2 Å². The van der Waals surface area contributed by atoms with Crippen LogP contribution >= 0.6 is 0 Å². The van der Waals surface area contributed by atoms with Crippen LogP contribution in [0.25, 0.3) is 0 Å². The molecule has 0 bridgehead atoms. The van der Waals surface area contributed by atoms with Crippen molar-refractivity contribution in [1.29, 1.82) is 0 Å². The summed E-state index contributed by atoms with van der Waals surface area (Å²) in [6.45, 7) is 7.81. The zero-order chi connectivity index (χ0) is 29.2. The first-order valence-corrected chi connectivity index (χ1v) is 9.37. The molecule has 0 heterocycles. The molecule has 204 valence electrons. The average Bonchev–Trinajstić information content (AvgIpc) is 2.50. The average molecular weight is 519 g/mol. The molecule has 33 heavy (non-hydrogen) atoms. The van der Waals surface area contributed by atoms with E-state index in [9.17, 15) is 0 Å². The molecule has 0 atom stereocenters. The lowest BCUT2D eigenvalue weighted by atomic mass is 10.7. The molecular weight excluding hydrogens is 480 g/mol. The van der Waals surface area contributed by atoms with Crippen LogP contribution in [-0.4, -0.2) is 99.1 Å². The Morgan fingerprint density at radius 3 is 0.515 bits per heavy atom. The van der Waals surface area contributed by atoms with Crippen LogP contribution in [0.1, 0.15) is 34.6 Å². The van der Waals surface area contributed by atoms with Crippen molar-refractivity contribution in [2.24, 2.45) is 22.9 Å². The minimum absolute atomic E-state index is 0.597. The molecule has 0 rings (SSSR count). The number of rotatable bonds is 2. The summed E-state index contributed by atoms with van der Waals surface area (Å²) >= 11 is 0. The molecule has 0 amide bonds. The normalized spacial score (nSPS) is 7.36. The molecule has 0 aliphatic rings. The number of aliphatic carboxylic acids is 5. The summed E-state index contributed by atoms with van der Waals surface area (Å²) in [5.74, 6) is -4.17. The first-order valence-electron chi connectivity index (χ1n) is 7.97. The summed E-state index contributed by atoms with van der Waals surface area (Å²) in [5, 5.41) is 37.1. The zero-order valence-electron chi connectivity index (χ0n) is 19.0. The van der Waals surface area contributed by atoms with Gasteiger partial charge in [-0.1, -0.05) is 0 Å². The van der Waals surface area contributed by atoms with E-state index in [2.05, 4.69) is 0 Å². The third kappa shape index (κ3) is 24100. The molecular formula is C14H38N4O14S. The second-order valence-corrected chi connectivity index (χ2v) is 5.09. The summed E-state index contributed by atoms with van der Waals surface area (Å²) in [4.78, 5) is 45.0. The molecule has 0 aromatic rings. The molecule has 0 spiro atoms. The molecule has 0 fully saturated rings. The number of hydrogen-bond donors (Lipinski definition) is 11. The van der Waals surface area contributed by atoms with Gasteiger partial charge in [-0.25, -0.2) is 0 Å². The summed E-state index contributed by atoms with van der Waals surface area (Å²) in [5.41, 5.74) is 19.6. The lowest BCUT2D eigenvalue weighted by Gasteiger charge is -1.72. The topological polar surface area (TPSA) is 365 Å². The lowest BCUT2D eigenvalue weighted by molar-refractivity contribution is -0.135. The second kappa shape index (κ2) is 47.0. The quantitative estimate of drug-likeness (QED) is 0.170. The van der Waals surface area contributed by atoms with Crippen molar-refractivity contribution in [3.63, 3.8) is 0 Å². The van der Waals surface area contributed by atoms with Gasteiger partial charge >= 0.3 is 10.4 Å². The molecule has 0 aromatic carbocycles. The maximum Gasteiger partial charge on any atom is 0.394 e. The van der Waals surface area contributed by atoms with Gasteiger partial charge in [0.05, 0.1) is 0 Å². The van der Waals surface area contributed by atoms with Crippen molar-refractivity contribution in [1.82, 2.24) is 0 Å². The Morgan fingerprint density at radius 1 is 0.485 bits per heavy atom. The maximum absolute atomic E-state index is 9.00. The van der Waals surface area contributed by atoms with Crippen LogP contribution in [0.4, 0.5) is 0 Å². The highest BCUT2D eigenvalue weighted by Gasteiger charge is 1.84. The van der Waals surface area contributed by atoms with E-state index < -0.39 is 40.2 Å². The van der Waals surface area contributed by atoms with E-state index in [1.807, 2.05) is 0 Å². The number of nitrogens with two attached hydrogens (primary N) is 4. The maximum atomic E-state index is 9.00. The van der Waals surface area contributed by atoms with E-state index in [4.69, 9.17) is 90.0 Å². The van der Waals surface area contributed by atoms with Crippen LogP contribution in [0.3, 0.4) is 0 Å². The highest BCUT2D eigenvalue weighted by Crippen LogP contribution is 1.59. The van der Waals surface area contributed by atoms with E-state index in [1.54, 1.807) is 0 Å². The van der Waals surface area contributed by atoms with Crippen LogP contribution in [-0.2, 0) is 34.4 Å². The Balaban J connectivity index is -0.0000000361. The van der Waals surface area contributed by atoms with E-state index in [0.717, 1.165) is 34.6 Å². The van der Waals surface area contributed by atoms with Crippen LogP contribution in [0.2, 0.25) is 0 Å². The van der Waals surface area contributed by atoms with Gasteiger partial charge in [0, 0.05) is 60.8 Å². The largest absolute Gasteiger partial charge is 0.481 e. The number of carboxylic acid groups (broad SMARTS) is 5. The molecule has 0 saturated carbocycles. The van der Waals surface area contributed by atoms with Gasteiger partial charge in [-0.3, -0.25) is 33.1 Å². The van der Waals surface area contributed by atoms with Crippen molar-refractivity contribution < 1.29 is 67.0 Å². The molecule has 19 heteroatoms. The molecule has 0 saturated heterocycles. The van der Waals surface area contributed by atoms with E-state index >= 15 is 0 Å². The van der Waals surface area contributed by atoms with Crippen LogP contribution in [0, 0.1) is 0 Å². The molecule has 15 N–H and O–H groups in total. The molecule has 0 unspecified atom stereocenters. The van der Waals surface area contributed by atoms with Gasteiger partial charge in [0.2, 0.25) is 0 Å². The minimum atomic E-state index is -4.67. The Bertz CT molecular complexity index is 450. The molecule has 18 nitrogen and oxygen atoms in total. The second-order valence-electron chi connectivity index (χ2n) is 4.20. The van der Waals surface area contributed by atoms with Crippen molar-refractivity contribution in [2.75, 3.05) is 26.2 Å². The number of carbonyl (C=O) groups is 5. The Kier molecular flexibility index (Phi) is 74.3. The fourth-order valence-electron chi connectivity index (χ4n) is 0. The SMILES string of the molecule is CC(=O)O.CC(=O)O.CC(=O)O.CC(=O)O.CC(=O)O.NCCN.NCCN.O=S(=O)(O)O. The summed E-state index contributed by atoms with van der Waals surface area (Å²) in [6, 6.07) is 0. The lowest BCUT2D eigenvalue weighted by Crippen LogP contribution is -2.11. The summed E-state index contributed by atoms with van der Waals surface area (Å²) < 4.78 is 31.6. The van der Waals surface area contributed by atoms with Crippen molar-refractivity contribution in [3.8, 4) is 0 Å². The molecule has 0 aliphatic heterocycles. The van der Waals surface area contributed by atoms with E-state index in [-0.39, 0.29) is 0 Å². The summed E-state index contributed by atoms with van der Waals surface area (Å²) in [6.07, 6.45) is 0. The monoisotopic (exact) mass is 518 g/mol. The molecule has 0 aromatic heterocycles. The van der Waals surface area contributed by atoms with Crippen molar-refractivity contribution in [3.05, 3.63) is 0 Å². The fraction of sp³-hybridized carbons (Fsp3) is 0.643. The third-order valence-corrected chi connectivity index (χ3v) is 0.333. The smallest absolute Gasteiger partial charge is 0.394 e. The van der Waals surface area contributed by atoms with Gasteiger partial charge in [-0.2, -0.15) is 8.42 Å². The zero-order valence-corrected chi connectivity index (χ0v) is 19.9. The Labute approximate surface area is 191 Å². The molecule has 0 aliphatic carbocycles. The van der Waals surface area contributed by atoms with Crippen molar-refractivity contribution >= 4 is 40.2 Å². The fourth-order valence-corrected chi connectivity index (χ4v) is 0. The Morgan fingerprint density at radius 2 is 0.515 bits per heavy atom. The first-order chi connectivity index (χ1) is 14.5. The highest BCUT2D eigenvalue weighted by molar-refractivity contribution is 7.79. The predicted octanol–water partition coefficient (Wildman–Crippen LogP) is -2.39. The highest BCUT2D eigenvalue weighted by atomic mass is 32.3. The van der Waals surface area contributed by atoms with Gasteiger partial charge in [0.1, 0.15) is 0 Å². The summed E-state index contributed by atoms with van der Waals surface area (Å²) in [7, 11) is -4.67. The number of hydrogen-bond acceptors (Lipinski definition) is 11. The van der Waals surface area contributed by atoms with Crippen LogP contribution < -0.4 is 22.9 Å². The van der Waals surface area contributed by atoms with Crippen molar-refractivity contribution in [2.45, 2.75) is 34.6 Å². The van der Waals surface area contributed by atoms with E-state index in [1.165, 1.54) is 0 Å². The van der Waals surface area contributed by atoms with Crippen LogP contribution in [0.5, 0.6) is 0 Å². The van der Waals surface area contributed by atoms with Gasteiger partial charge in [-0.05, 0) is 0 Å². The van der Waals surface area contributed by atoms with Gasteiger partial charge in [0.15, 0.2) is 0 Å².